The van der Waals surface area contributed by atoms with Crippen LogP contribution in [0.1, 0.15) is 22.8 Å². The van der Waals surface area contributed by atoms with Gasteiger partial charge in [-0.1, -0.05) is 41.9 Å². The maximum atomic E-state index is 13.2. The third kappa shape index (κ3) is 4.75. The summed E-state index contributed by atoms with van der Waals surface area (Å²) in [4.78, 5) is 11.1. The average Bonchev–Trinajstić information content (AvgIpc) is 2.74. The predicted octanol–water partition coefficient (Wildman–Crippen LogP) is 4.83. The molecule has 0 aliphatic carbocycles. The fourth-order valence-corrected chi connectivity index (χ4v) is 4.57. The molecule has 0 heterocycles. The minimum Gasteiger partial charge on any atom is -0.487 e. The number of benzene rings is 3. The summed E-state index contributed by atoms with van der Waals surface area (Å²) in [6.45, 7) is 2.05. The second-order valence-electron chi connectivity index (χ2n) is 6.39. The lowest BCUT2D eigenvalue weighted by Gasteiger charge is -2.25. The van der Waals surface area contributed by atoms with Crippen LogP contribution in [-0.2, 0) is 16.6 Å². The van der Waals surface area contributed by atoms with Crippen LogP contribution < -0.4 is 9.04 Å². The van der Waals surface area contributed by atoms with Crippen LogP contribution in [0, 0.1) is 0 Å². The number of sulfonamides is 1. The molecule has 3 aromatic carbocycles. The summed E-state index contributed by atoms with van der Waals surface area (Å²) >= 11 is 6.15. The average molecular weight is 446 g/mol. The number of hydrogen-bond acceptors (Lipinski definition) is 4. The standard InChI is InChI=1S/C22H20ClNO5S/c1-2-24(30(27,28)19-6-4-3-5-7-19)20-14-18(23)12-13-21(20)29-15-16-8-10-17(11-9-16)22(25)26/h3-14H,2,15H2,1H3,(H,25,26). The van der Waals surface area contributed by atoms with Crippen LogP contribution in [0.15, 0.2) is 77.7 Å². The Morgan fingerprint density at radius 1 is 1.03 bits per heavy atom. The van der Waals surface area contributed by atoms with E-state index in [9.17, 15) is 13.2 Å². The minimum absolute atomic E-state index is 0.136. The van der Waals surface area contributed by atoms with E-state index in [0.717, 1.165) is 5.56 Å². The van der Waals surface area contributed by atoms with E-state index >= 15 is 0 Å². The summed E-state index contributed by atoms with van der Waals surface area (Å²) in [6, 6.07) is 19.2. The number of hydrogen-bond donors (Lipinski definition) is 1. The molecule has 0 saturated carbocycles. The predicted molar refractivity (Wildman–Crippen MR) is 116 cm³/mol. The van der Waals surface area contributed by atoms with Gasteiger partial charge in [0, 0.05) is 11.6 Å². The summed E-state index contributed by atoms with van der Waals surface area (Å²) in [6.07, 6.45) is 0. The summed E-state index contributed by atoms with van der Waals surface area (Å²) < 4.78 is 33.5. The fraction of sp³-hybridized carbons (Fsp3) is 0.136. The highest BCUT2D eigenvalue weighted by molar-refractivity contribution is 7.92. The number of rotatable bonds is 8. The molecule has 0 atom stereocenters. The molecule has 8 heteroatoms. The number of carbonyl (C=O) groups is 1. The molecule has 0 aliphatic rings. The molecule has 30 heavy (non-hydrogen) atoms. The van der Waals surface area contributed by atoms with Crippen LogP contribution in [0.5, 0.6) is 5.75 Å². The van der Waals surface area contributed by atoms with Crippen molar-refractivity contribution in [3.05, 3.63) is 88.9 Å². The van der Waals surface area contributed by atoms with E-state index in [0.29, 0.717) is 16.5 Å². The first-order valence-electron chi connectivity index (χ1n) is 9.15. The lowest BCUT2D eigenvalue weighted by molar-refractivity contribution is 0.0697. The van der Waals surface area contributed by atoms with Gasteiger partial charge < -0.3 is 9.84 Å². The van der Waals surface area contributed by atoms with Crippen LogP contribution in [0.25, 0.3) is 0 Å². The molecule has 0 aliphatic heterocycles. The zero-order chi connectivity index (χ0) is 21.7. The van der Waals surface area contributed by atoms with Crippen LogP contribution in [0.4, 0.5) is 5.69 Å². The molecule has 0 bridgehead atoms. The molecule has 156 valence electrons. The van der Waals surface area contributed by atoms with E-state index in [1.54, 1.807) is 55.5 Å². The van der Waals surface area contributed by atoms with E-state index < -0.39 is 16.0 Å². The molecule has 0 unspecified atom stereocenters. The lowest BCUT2D eigenvalue weighted by Crippen LogP contribution is -2.31. The second-order valence-corrected chi connectivity index (χ2v) is 8.68. The van der Waals surface area contributed by atoms with Crippen molar-refractivity contribution in [1.82, 2.24) is 0 Å². The highest BCUT2D eigenvalue weighted by Crippen LogP contribution is 2.35. The van der Waals surface area contributed by atoms with E-state index in [2.05, 4.69) is 0 Å². The van der Waals surface area contributed by atoms with E-state index in [4.69, 9.17) is 21.4 Å². The molecule has 1 N–H and O–H groups in total. The van der Waals surface area contributed by atoms with Gasteiger partial charge in [-0.25, -0.2) is 13.2 Å². The highest BCUT2D eigenvalue weighted by atomic mass is 35.5. The van der Waals surface area contributed by atoms with Gasteiger partial charge in [-0.05, 0) is 55.0 Å². The minimum atomic E-state index is -3.81. The van der Waals surface area contributed by atoms with Crippen LogP contribution in [0.3, 0.4) is 0 Å². The molecule has 6 nitrogen and oxygen atoms in total. The first-order chi connectivity index (χ1) is 14.3. The SMILES string of the molecule is CCN(c1cc(Cl)ccc1OCc1ccc(C(=O)O)cc1)S(=O)(=O)c1ccccc1. The number of ether oxygens (including phenoxy) is 1. The van der Waals surface area contributed by atoms with E-state index in [1.807, 2.05) is 0 Å². The monoisotopic (exact) mass is 445 g/mol. The third-order valence-corrected chi connectivity index (χ3v) is 6.54. The second kappa shape index (κ2) is 9.19. The Labute approximate surface area is 180 Å². The Hall–Kier alpha value is -3.03. The van der Waals surface area contributed by atoms with Gasteiger partial charge >= 0.3 is 5.97 Å². The molecular weight excluding hydrogens is 426 g/mol. The zero-order valence-corrected chi connectivity index (χ0v) is 17.7. The van der Waals surface area contributed by atoms with Crippen molar-refractivity contribution in [3.8, 4) is 5.75 Å². The van der Waals surface area contributed by atoms with Crippen molar-refractivity contribution in [3.63, 3.8) is 0 Å². The van der Waals surface area contributed by atoms with Crippen LogP contribution in [-0.4, -0.2) is 26.0 Å². The van der Waals surface area contributed by atoms with Gasteiger partial charge in [0.25, 0.3) is 10.0 Å². The quantitative estimate of drug-likeness (QED) is 0.536. The maximum Gasteiger partial charge on any atom is 0.335 e. The van der Waals surface area contributed by atoms with Crippen molar-refractivity contribution >= 4 is 33.3 Å². The van der Waals surface area contributed by atoms with Crippen LogP contribution in [0.2, 0.25) is 5.02 Å². The van der Waals surface area contributed by atoms with Crippen molar-refractivity contribution in [2.24, 2.45) is 0 Å². The van der Waals surface area contributed by atoms with Gasteiger partial charge in [-0.15, -0.1) is 0 Å². The van der Waals surface area contributed by atoms with Gasteiger partial charge in [0.05, 0.1) is 16.1 Å². The van der Waals surface area contributed by atoms with Crippen molar-refractivity contribution in [2.45, 2.75) is 18.4 Å². The molecule has 0 saturated heterocycles. The molecule has 0 radical (unpaired) electrons. The maximum absolute atomic E-state index is 13.2. The van der Waals surface area contributed by atoms with Crippen molar-refractivity contribution in [1.29, 1.82) is 0 Å². The smallest absolute Gasteiger partial charge is 0.335 e. The summed E-state index contributed by atoms with van der Waals surface area (Å²) in [5.74, 6) is -0.657. The zero-order valence-electron chi connectivity index (χ0n) is 16.2. The molecule has 3 aromatic rings. The van der Waals surface area contributed by atoms with Gasteiger partial charge in [-0.3, -0.25) is 4.31 Å². The highest BCUT2D eigenvalue weighted by Gasteiger charge is 2.26. The Balaban J connectivity index is 1.91. The molecule has 0 aromatic heterocycles. The third-order valence-electron chi connectivity index (χ3n) is 4.40. The van der Waals surface area contributed by atoms with Gasteiger partial charge in [0.15, 0.2) is 0 Å². The summed E-state index contributed by atoms with van der Waals surface area (Å²) in [7, 11) is -3.81. The van der Waals surface area contributed by atoms with Gasteiger partial charge in [-0.2, -0.15) is 0 Å². The fourth-order valence-electron chi connectivity index (χ4n) is 2.90. The summed E-state index contributed by atoms with van der Waals surface area (Å²) in [5, 5.41) is 9.38. The van der Waals surface area contributed by atoms with Gasteiger partial charge in [0.1, 0.15) is 12.4 Å². The Morgan fingerprint density at radius 3 is 2.30 bits per heavy atom. The number of halogens is 1. The van der Waals surface area contributed by atoms with Crippen LogP contribution >= 0.6 is 11.6 Å². The molecular formula is C22H20ClNO5S. The van der Waals surface area contributed by atoms with E-state index in [-0.39, 0.29) is 23.6 Å². The molecule has 0 amide bonds. The largest absolute Gasteiger partial charge is 0.487 e. The molecule has 0 fully saturated rings. The topological polar surface area (TPSA) is 83.9 Å². The normalized spacial score (nSPS) is 11.1. The summed E-state index contributed by atoms with van der Waals surface area (Å²) in [5.41, 5.74) is 1.25. The van der Waals surface area contributed by atoms with Crippen molar-refractivity contribution in [2.75, 3.05) is 10.8 Å². The molecule has 3 rings (SSSR count). The number of carboxylic acid groups (broad SMARTS) is 1. The van der Waals surface area contributed by atoms with Gasteiger partial charge in [0.2, 0.25) is 0 Å². The Bertz CT molecular complexity index is 1130. The number of aromatic carboxylic acids is 1. The Kier molecular flexibility index (Phi) is 6.64. The van der Waals surface area contributed by atoms with Crippen molar-refractivity contribution < 1.29 is 23.1 Å². The first-order valence-corrected chi connectivity index (χ1v) is 11.0. The lowest BCUT2D eigenvalue weighted by atomic mass is 10.1. The first kappa shape index (κ1) is 21.7. The number of anilines is 1. The number of nitrogens with zero attached hydrogens (tertiary/aromatic N) is 1. The molecule has 0 spiro atoms. The Morgan fingerprint density at radius 2 is 1.70 bits per heavy atom. The van der Waals surface area contributed by atoms with E-state index in [1.165, 1.54) is 28.6 Å². The number of carboxylic acids is 1.